The molecule has 1 saturated heterocycles. The molecule has 188 valence electrons. The van der Waals surface area contributed by atoms with Crippen LogP contribution in [0, 0.1) is 12.8 Å². The Balaban J connectivity index is 1.65. The van der Waals surface area contributed by atoms with Gasteiger partial charge in [0.25, 0.3) is 0 Å². The van der Waals surface area contributed by atoms with Crippen molar-refractivity contribution in [1.82, 2.24) is 0 Å². The van der Waals surface area contributed by atoms with Crippen LogP contribution in [0.5, 0.6) is 0 Å². The molecule has 2 heterocycles. The molecule has 0 spiro atoms. The Morgan fingerprint density at radius 3 is 2.49 bits per heavy atom. The average molecular weight is 478 g/mol. The lowest BCUT2D eigenvalue weighted by atomic mass is 9.83. The first-order valence-corrected chi connectivity index (χ1v) is 13.1. The zero-order chi connectivity index (χ0) is 24.9. The maximum Gasteiger partial charge on any atom is 0.163 e. The van der Waals surface area contributed by atoms with E-state index < -0.39 is 0 Å². The molecule has 0 bridgehead atoms. The minimum absolute atomic E-state index is 0.116. The second kappa shape index (κ2) is 11.5. The predicted octanol–water partition coefficient (Wildman–Crippen LogP) is 5.86. The van der Waals surface area contributed by atoms with Crippen LogP contribution < -0.4 is 4.90 Å². The summed E-state index contributed by atoms with van der Waals surface area (Å²) in [7, 11) is 0. The number of benzene rings is 1. The number of Topliss-reactive ketones (excluding diaryl/α,β-unsaturated/α-hetero) is 1. The van der Waals surface area contributed by atoms with Crippen LogP contribution in [0.25, 0.3) is 5.57 Å². The van der Waals surface area contributed by atoms with E-state index in [0.29, 0.717) is 32.1 Å². The molecule has 1 unspecified atom stereocenters. The molecule has 1 fully saturated rings. The van der Waals surface area contributed by atoms with E-state index in [0.717, 1.165) is 72.5 Å². The summed E-state index contributed by atoms with van der Waals surface area (Å²) in [4.78, 5) is 28.7. The Morgan fingerprint density at radius 1 is 1.06 bits per heavy atom. The predicted molar refractivity (Wildman–Crippen MR) is 141 cm³/mol. The van der Waals surface area contributed by atoms with E-state index in [-0.39, 0.29) is 17.5 Å². The first-order valence-electron chi connectivity index (χ1n) is 13.1. The summed E-state index contributed by atoms with van der Waals surface area (Å²) in [6.07, 6.45) is 9.67. The lowest BCUT2D eigenvalue weighted by molar-refractivity contribution is -0.117. The lowest BCUT2D eigenvalue weighted by Gasteiger charge is -2.37. The molecular weight excluding hydrogens is 438 g/mol. The summed E-state index contributed by atoms with van der Waals surface area (Å²) in [6.45, 7) is 12.0. The number of carbonyl (C=O) groups excluding carboxylic acids is 2. The topological polar surface area (TPSA) is 55.8 Å². The maximum atomic E-state index is 13.6. The van der Waals surface area contributed by atoms with Gasteiger partial charge in [-0.25, -0.2) is 0 Å². The molecule has 5 nitrogen and oxygen atoms in total. The average Bonchev–Trinajstić information content (AvgIpc) is 2.86. The molecule has 3 aliphatic rings. The maximum absolute atomic E-state index is 13.6. The van der Waals surface area contributed by atoms with Gasteiger partial charge in [0.05, 0.1) is 13.2 Å². The van der Waals surface area contributed by atoms with Crippen molar-refractivity contribution in [3.05, 3.63) is 58.2 Å². The Labute approximate surface area is 209 Å². The number of ether oxygens (including phenoxy) is 2. The van der Waals surface area contributed by atoms with Crippen LogP contribution in [0.3, 0.4) is 0 Å². The van der Waals surface area contributed by atoms with Crippen LogP contribution in [-0.2, 0) is 14.3 Å². The van der Waals surface area contributed by atoms with Gasteiger partial charge in [0, 0.05) is 49.4 Å². The van der Waals surface area contributed by atoms with E-state index in [9.17, 15) is 9.59 Å². The highest BCUT2D eigenvalue weighted by Crippen LogP contribution is 2.35. The minimum Gasteiger partial charge on any atom is -0.381 e. The third kappa shape index (κ3) is 5.84. The smallest absolute Gasteiger partial charge is 0.163 e. The molecule has 0 amide bonds. The highest BCUT2D eigenvalue weighted by Gasteiger charge is 2.27. The van der Waals surface area contributed by atoms with Crippen molar-refractivity contribution >= 4 is 22.8 Å². The van der Waals surface area contributed by atoms with Gasteiger partial charge in [-0.15, -0.1) is 0 Å². The zero-order valence-electron chi connectivity index (χ0n) is 21.7. The summed E-state index contributed by atoms with van der Waals surface area (Å²) in [5, 5.41) is 0. The zero-order valence-corrected chi connectivity index (χ0v) is 21.7. The Morgan fingerprint density at radius 2 is 1.83 bits per heavy atom. The summed E-state index contributed by atoms with van der Waals surface area (Å²) >= 11 is 0. The van der Waals surface area contributed by atoms with E-state index in [1.54, 1.807) is 6.08 Å². The highest BCUT2D eigenvalue weighted by atomic mass is 16.5. The van der Waals surface area contributed by atoms with Crippen LogP contribution in [0.2, 0.25) is 0 Å². The number of nitrogens with zero attached hydrogens (tertiary/aromatic N) is 1. The standard InChI is InChI=1S/C30H39NO4/c1-5-31(25-10-14-35-15-11-25)28-19-24(23-8-12-34-13-9-23)18-27(22(28)4)29(32)7-6-26-21(3)16-20(2)17-30(26)33/h8,16-19,25-26H,5-7,9-15H2,1-4H3. The molecule has 0 N–H and O–H groups in total. The van der Waals surface area contributed by atoms with Crippen molar-refractivity contribution < 1.29 is 19.1 Å². The molecule has 1 aliphatic carbocycles. The molecule has 0 saturated carbocycles. The molecule has 0 aromatic heterocycles. The van der Waals surface area contributed by atoms with E-state index in [4.69, 9.17) is 9.47 Å². The monoisotopic (exact) mass is 477 g/mol. The molecule has 0 radical (unpaired) electrons. The molecule has 1 atom stereocenters. The van der Waals surface area contributed by atoms with Crippen molar-refractivity contribution in [2.45, 2.75) is 65.8 Å². The van der Waals surface area contributed by atoms with Gasteiger partial charge in [-0.3, -0.25) is 9.59 Å². The van der Waals surface area contributed by atoms with Gasteiger partial charge < -0.3 is 14.4 Å². The highest BCUT2D eigenvalue weighted by molar-refractivity contribution is 6.01. The number of anilines is 1. The Kier molecular flexibility index (Phi) is 8.40. The van der Waals surface area contributed by atoms with Crippen LogP contribution in [0.4, 0.5) is 5.69 Å². The first-order chi connectivity index (χ1) is 16.9. The summed E-state index contributed by atoms with van der Waals surface area (Å²) in [6, 6.07) is 4.76. The van der Waals surface area contributed by atoms with Crippen LogP contribution in [-0.4, -0.2) is 50.6 Å². The Bertz CT molecular complexity index is 1060. The van der Waals surface area contributed by atoms with Gasteiger partial charge in [0.15, 0.2) is 11.6 Å². The van der Waals surface area contributed by atoms with Gasteiger partial charge >= 0.3 is 0 Å². The summed E-state index contributed by atoms with van der Waals surface area (Å²) < 4.78 is 11.2. The van der Waals surface area contributed by atoms with Crippen molar-refractivity contribution in [2.75, 3.05) is 37.9 Å². The second-order valence-corrected chi connectivity index (χ2v) is 10.0. The molecule has 4 rings (SSSR count). The fourth-order valence-electron chi connectivity index (χ4n) is 5.71. The number of allylic oxidation sites excluding steroid dienone is 4. The summed E-state index contributed by atoms with van der Waals surface area (Å²) in [5.74, 6) is 0.0388. The van der Waals surface area contributed by atoms with Crippen molar-refractivity contribution in [2.24, 2.45) is 5.92 Å². The van der Waals surface area contributed by atoms with E-state index in [1.165, 1.54) is 5.57 Å². The molecule has 1 aromatic carbocycles. The van der Waals surface area contributed by atoms with Gasteiger partial charge in [-0.2, -0.15) is 0 Å². The van der Waals surface area contributed by atoms with Crippen molar-refractivity contribution in [3.63, 3.8) is 0 Å². The first kappa shape index (κ1) is 25.6. The van der Waals surface area contributed by atoms with E-state index in [1.807, 2.05) is 13.8 Å². The Hall–Kier alpha value is -2.50. The van der Waals surface area contributed by atoms with Crippen molar-refractivity contribution in [3.8, 4) is 0 Å². The number of rotatable bonds is 8. The van der Waals surface area contributed by atoms with Gasteiger partial charge in [-0.05, 0) is 93.9 Å². The third-order valence-electron chi connectivity index (χ3n) is 7.67. The molecule has 2 aliphatic heterocycles. The molecule has 1 aromatic rings. The van der Waals surface area contributed by atoms with Gasteiger partial charge in [0.1, 0.15) is 0 Å². The van der Waals surface area contributed by atoms with Crippen LogP contribution >= 0.6 is 0 Å². The number of carbonyl (C=O) groups is 2. The third-order valence-corrected chi connectivity index (χ3v) is 7.67. The largest absolute Gasteiger partial charge is 0.381 e. The normalized spacial score (nSPS) is 21.3. The van der Waals surface area contributed by atoms with Gasteiger partial charge in [-0.1, -0.05) is 17.7 Å². The van der Waals surface area contributed by atoms with Crippen LogP contribution in [0.15, 0.2) is 41.5 Å². The minimum atomic E-state index is -0.196. The number of hydrogen-bond acceptors (Lipinski definition) is 5. The SMILES string of the molecule is CCN(c1cc(C2=CCOCC2)cc(C(=O)CCC2C(=O)C=C(C)C=C2C)c1C)C1CCOCC1. The quantitative estimate of drug-likeness (QED) is 0.439. The fourth-order valence-corrected chi connectivity index (χ4v) is 5.71. The van der Waals surface area contributed by atoms with Crippen LogP contribution in [0.1, 0.15) is 74.4 Å². The van der Waals surface area contributed by atoms with E-state index in [2.05, 4.69) is 43.0 Å². The molecular formula is C30H39NO4. The summed E-state index contributed by atoms with van der Waals surface area (Å²) in [5.41, 5.74) is 7.38. The number of ketones is 2. The van der Waals surface area contributed by atoms with Gasteiger partial charge in [0.2, 0.25) is 0 Å². The lowest BCUT2D eigenvalue weighted by Crippen LogP contribution is -2.40. The molecule has 35 heavy (non-hydrogen) atoms. The molecule has 5 heteroatoms. The van der Waals surface area contributed by atoms with Crippen molar-refractivity contribution in [1.29, 1.82) is 0 Å². The number of hydrogen-bond donors (Lipinski definition) is 0. The van der Waals surface area contributed by atoms with E-state index >= 15 is 0 Å². The second-order valence-electron chi connectivity index (χ2n) is 10.0. The fraction of sp³-hybridized carbons (Fsp3) is 0.533.